The third-order valence-corrected chi connectivity index (χ3v) is 4.55. The Morgan fingerprint density at radius 3 is 2.76 bits per heavy atom. The van der Waals surface area contributed by atoms with E-state index < -0.39 is 11.7 Å². The van der Waals surface area contributed by atoms with Crippen molar-refractivity contribution < 1.29 is 13.2 Å². The quantitative estimate of drug-likeness (QED) is 0.467. The number of H-pyrrole nitrogens is 1. The van der Waals surface area contributed by atoms with Gasteiger partial charge in [0.1, 0.15) is 0 Å². The van der Waals surface area contributed by atoms with E-state index in [1.807, 2.05) is 35.8 Å². The zero-order valence-electron chi connectivity index (χ0n) is 12.8. The average Bonchev–Trinajstić information content (AvgIpc) is 3.22. The molecule has 0 amide bonds. The summed E-state index contributed by atoms with van der Waals surface area (Å²) in [6.07, 6.45) is -2.49. The Morgan fingerprint density at radius 1 is 1.04 bits per heavy atom. The second kappa shape index (κ2) is 5.93. The summed E-state index contributed by atoms with van der Waals surface area (Å²) in [4.78, 5) is 7.61. The van der Waals surface area contributed by atoms with Gasteiger partial charge in [0, 0.05) is 33.7 Å². The fourth-order valence-electron chi connectivity index (χ4n) is 2.57. The zero-order chi connectivity index (χ0) is 17.4. The summed E-state index contributed by atoms with van der Waals surface area (Å²) in [7, 11) is 0. The van der Waals surface area contributed by atoms with Crippen LogP contribution in [0, 0.1) is 0 Å². The summed E-state index contributed by atoms with van der Waals surface area (Å²) in [5, 5.41) is 6.44. The number of nitrogens with zero attached hydrogens (tertiary/aromatic N) is 1. The molecule has 0 atom stereocenters. The summed E-state index contributed by atoms with van der Waals surface area (Å²) in [5.74, 6) is 0. The number of hydrogen-bond acceptors (Lipinski definition) is 3. The first-order chi connectivity index (χ1) is 12.0. The second-order valence-electron chi connectivity index (χ2n) is 5.52. The number of fused-ring (bicyclic) bond motifs is 1. The molecule has 0 aliphatic carbocycles. The summed E-state index contributed by atoms with van der Waals surface area (Å²) in [6.45, 7) is 0. The zero-order valence-corrected chi connectivity index (χ0v) is 13.6. The van der Waals surface area contributed by atoms with Crippen molar-refractivity contribution in [2.24, 2.45) is 0 Å². The highest BCUT2D eigenvalue weighted by molar-refractivity contribution is 7.14. The van der Waals surface area contributed by atoms with Gasteiger partial charge in [0.05, 0.1) is 11.3 Å². The van der Waals surface area contributed by atoms with Crippen LogP contribution in [0.1, 0.15) is 5.56 Å². The van der Waals surface area contributed by atoms with Crippen LogP contribution in [0.4, 0.5) is 24.0 Å². The SMILES string of the molecule is FC(F)(F)c1cccc(Nc2nc(-c3ccc4[nH]ccc4c3)cs2)c1. The first-order valence-corrected chi connectivity index (χ1v) is 8.34. The molecular weight excluding hydrogens is 347 g/mol. The van der Waals surface area contributed by atoms with Gasteiger partial charge in [-0.15, -0.1) is 11.3 Å². The molecule has 7 heteroatoms. The standard InChI is InChI=1S/C18H12F3N3S/c19-18(20,21)13-2-1-3-14(9-13)23-17-24-16(10-25-17)11-4-5-15-12(8-11)6-7-22-15/h1-10,22H,(H,23,24). The molecule has 0 saturated heterocycles. The molecule has 4 rings (SSSR count). The molecule has 0 bridgehead atoms. The number of thiazole rings is 1. The molecule has 2 aromatic carbocycles. The number of nitrogens with one attached hydrogen (secondary N) is 2. The minimum atomic E-state index is -4.36. The van der Waals surface area contributed by atoms with Gasteiger partial charge in [-0.2, -0.15) is 13.2 Å². The molecule has 0 fully saturated rings. The fraction of sp³-hybridized carbons (Fsp3) is 0.0556. The summed E-state index contributed by atoms with van der Waals surface area (Å²) >= 11 is 1.35. The monoisotopic (exact) mass is 359 g/mol. The van der Waals surface area contributed by atoms with Gasteiger partial charge in [0.2, 0.25) is 0 Å². The number of aromatic nitrogens is 2. The van der Waals surface area contributed by atoms with Crippen LogP contribution < -0.4 is 5.32 Å². The van der Waals surface area contributed by atoms with Gasteiger partial charge in [0.15, 0.2) is 5.13 Å². The van der Waals surface area contributed by atoms with Crippen molar-refractivity contribution in [2.75, 3.05) is 5.32 Å². The number of rotatable bonds is 3. The summed E-state index contributed by atoms with van der Waals surface area (Å²) in [5.41, 5.74) is 2.45. The van der Waals surface area contributed by atoms with Crippen molar-refractivity contribution in [1.29, 1.82) is 0 Å². The molecule has 4 aromatic rings. The van der Waals surface area contributed by atoms with E-state index in [1.165, 1.54) is 17.4 Å². The molecular formula is C18H12F3N3S. The second-order valence-corrected chi connectivity index (χ2v) is 6.38. The first-order valence-electron chi connectivity index (χ1n) is 7.46. The highest BCUT2D eigenvalue weighted by Crippen LogP contribution is 2.33. The van der Waals surface area contributed by atoms with Crippen molar-refractivity contribution in [2.45, 2.75) is 6.18 Å². The van der Waals surface area contributed by atoms with Gasteiger partial charge in [-0.25, -0.2) is 4.98 Å². The van der Waals surface area contributed by atoms with Gasteiger partial charge < -0.3 is 10.3 Å². The van der Waals surface area contributed by atoms with Gasteiger partial charge in [-0.05, 0) is 36.4 Å². The number of aromatic amines is 1. The molecule has 2 heterocycles. The maximum absolute atomic E-state index is 12.8. The number of anilines is 2. The topological polar surface area (TPSA) is 40.7 Å². The third kappa shape index (κ3) is 3.23. The van der Waals surface area contributed by atoms with Crippen LogP contribution in [0.25, 0.3) is 22.2 Å². The van der Waals surface area contributed by atoms with Crippen molar-refractivity contribution in [3.63, 3.8) is 0 Å². The van der Waals surface area contributed by atoms with Gasteiger partial charge in [0.25, 0.3) is 0 Å². The lowest BCUT2D eigenvalue weighted by atomic mass is 10.1. The predicted molar refractivity (Wildman–Crippen MR) is 94.1 cm³/mol. The van der Waals surface area contributed by atoms with E-state index in [0.29, 0.717) is 10.8 Å². The molecule has 126 valence electrons. The van der Waals surface area contributed by atoms with E-state index >= 15 is 0 Å². The number of alkyl halides is 3. The van der Waals surface area contributed by atoms with Crippen LogP contribution in [0.3, 0.4) is 0 Å². The van der Waals surface area contributed by atoms with Gasteiger partial charge >= 0.3 is 6.18 Å². The number of halogens is 3. The molecule has 0 unspecified atom stereocenters. The van der Waals surface area contributed by atoms with Crippen LogP contribution in [0.15, 0.2) is 60.1 Å². The lowest BCUT2D eigenvalue weighted by Gasteiger charge is -2.08. The number of hydrogen-bond donors (Lipinski definition) is 2. The molecule has 2 N–H and O–H groups in total. The largest absolute Gasteiger partial charge is 0.416 e. The fourth-order valence-corrected chi connectivity index (χ4v) is 3.31. The van der Waals surface area contributed by atoms with Crippen LogP contribution in [0.2, 0.25) is 0 Å². The van der Waals surface area contributed by atoms with E-state index in [4.69, 9.17) is 0 Å². The van der Waals surface area contributed by atoms with E-state index in [9.17, 15) is 13.2 Å². The van der Waals surface area contributed by atoms with Crippen molar-refractivity contribution in [3.05, 3.63) is 65.7 Å². The Kier molecular flexibility index (Phi) is 3.73. The van der Waals surface area contributed by atoms with Crippen LogP contribution in [0.5, 0.6) is 0 Å². The van der Waals surface area contributed by atoms with Crippen LogP contribution in [-0.4, -0.2) is 9.97 Å². The van der Waals surface area contributed by atoms with Crippen molar-refractivity contribution in [1.82, 2.24) is 9.97 Å². The average molecular weight is 359 g/mol. The molecule has 2 aromatic heterocycles. The van der Waals surface area contributed by atoms with E-state index in [1.54, 1.807) is 6.07 Å². The van der Waals surface area contributed by atoms with Crippen molar-refractivity contribution >= 4 is 33.1 Å². The lowest BCUT2D eigenvalue weighted by Crippen LogP contribution is -2.05. The predicted octanol–water partition coefficient (Wildman–Crippen LogP) is 6.05. The maximum Gasteiger partial charge on any atom is 0.416 e. The Morgan fingerprint density at radius 2 is 1.92 bits per heavy atom. The molecule has 25 heavy (non-hydrogen) atoms. The lowest BCUT2D eigenvalue weighted by molar-refractivity contribution is -0.137. The van der Waals surface area contributed by atoms with Gasteiger partial charge in [-0.1, -0.05) is 12.1 Å². The maximum atomic E-state index is 12.8. The highest BCUT2D eigenvalue weighted by Gasteiger charge is 2.30. The normalized spacial score (nSPS) is 11.8. The van der Waals surface area contributed by atoms with Crippen LogP contribution in [-0.2, 0) is 6.18 Å². The minimum absolute atomic E-state index is 0.358. The van der Waals surface area contributed by atoms with E-state index in [-0.39, 0.29) is 0 Å². The highest BCUT2D eigenvalue weighted by atomic mass is 32.1. The Hall–Kier alpha value is -2.80. The molecule has 0 radical (unpaired) electrons. The van der Waals surface area contributed by atoms with Gasteiger partial charge in [-0.3, -0.25) is 0 Å². The Balaban J connectivity index is 1.59. The summed E-state index contributed by atoms with van der Waals surface area (Å²) < 4.78 is 38.4. The summed E-state index contributed by atoms with van der Waals surface area (Å²) in [6, 6.07) is 13.0. The first kappa shape index (κ1) is 15.7. The Labute approximate surface area is 145 Å². The minimum Gasteiger partial charge on any atom is -0.361 e. The Bertz CT molecular complexity index is 1030. The number of benzene rings is 2. The van der Waals surface area contributed by atoms with Crippen molar-refractivity contribution in [3.8, 4) is 11.3 Å². The molecule has 0 spiro atoms. The molecule has 3 nitrogen and oxygen atoms in total. The van der Waals surface area contributed by atoms with Crippen LogP contribution >= 0.6 is 11.3 Å². The smallest absolute Gasteiger partial charge is 0.361 e. The third-order valence-electron chi connectivity index (χ3n) is 3.79. The molecule has 0 saturated carbocycles. The molecule has 0 aliphatic heterocycles. The van der Waals surface area contributed by atoms with E-state index in [2.05, 4.69) is 15.3 Å². The van der Waals surface area contributed by atoms with E-state index in [0.717, 1.165) is 34.3 Å². The molecule has 0 aliphatic rings.